The van der Waals surface area contributed by atoms with Crippen molar-refractivity contribution >= 4 is 24.3 Å². The lowest BCUT2D eigenvalue weighted by Gasteiger charge is -2.19. The fourth-order valence-corrected chi connectivity index (χ4v) is 1.40. The molecule has 1 aromatic rings. The number of nitrogens with zero attached hydrogens (tertiary/aromatic N) is 2. The van der Waals surface area contributed by atoms with Gasteiger partial charge in [0.05, 0.1) is 0 Å². The predicted octanol–water partition coefficient (Wildman–Crippen LogP) is 2.58. The Morgan fingerprint density at radius 3 is 2.29 bits per heavy atom. The van der Waals surface area contributed by atoms with Crippen molar-refractivity contribution in [3.63, 3.8) is 0 Å². The summed E-state index contributed by atoms with van der Waals surface area (Å²) in [5, 5.41) is 6.54. The minimum Gasteiger partial charge on any atom is -0.369 e. The van der Waals surface area contributed by atoms with Crippen LogP contribution in [0.15, 0.2) is 6.07 Å². The van der Waals surface area contributed by atoms with Crippen molar-refractivity contribution < 1.29 is 0 Å². The molecule has 0 radical (unpaired) electrons. The highest BCUT2D eigenvalue weighted by Gasteiger charge is 2.10. The molecular formula is C12H22N4S. The molecule has 0 aliphatic heterocycles. The molecule has 0 bridgehead atoms. The molecule has 17 heavy (non-hydrogen) atoms. The highest BCUT2D eigenvalue weighted by Crippen LogP contribution is 2.16. The predicted molar refractivity (Wildman–Crippen MR) is 77.1 cm³/mol. The minimum absolute atomic E-state index is 0.234. The first-order chi connectivity index (χ1) is 7.90. The standard InChI is InChI=1S/C12H22N4S/c1-9-15-10(13-5-6-17)7-11(16-9)14-8-12(2,3)4/h7,17H,5-6,8H2,1-4H3,(H2,13,14,15,16). The van der Waals surface area contributed by atoms with Gasteiger partial charge in [-0.25, -0.2) is 9.97 Å². The summed E-state index contributed by atoms with van der Waals surface area (Å²) in [5.41, 5.74) is 0.234. The molecular weight excluding hydrogens is 232 g/mol. The van der Waals surface area contributed by atoms with Crippen LogP contribution in [0.2, 0.25) is 0 Å². The first-order valence-electron chi connectivity index (χ1n) is 5.85. The summed E-state index contributed by atoms with van der Waals surface area (Å²) in [5.74, 6) is 3.27. The lowest BCUT2D eigenvalue weighted by atomic mass is 9.97. The van der Waals surface area contributed by atoms with Gasteiger partial charge in [0.25, 0.3) is 0 Å². The summed E-state index contributed by atoms with van der Waals surface area (Å²) in [7, 11) is 0. The number of hydrogen-bond donors (Lipinski definition) is 3. The van der Waals surface area contributed by atoms with Crippen molar-refractivity contribution in [2.24, 2.45) is 5.41 Å². The molecule has 0 spiro atoms. The Morgan fingerprint density at radius 2 is 1.76 bits per heavy atom. The maximum absolute atomic E-state index is 4.36. The summed E-state index contributed by atoms with van der Waals surface area (Å²) in [6.07, 6.45) is 0. The Kier molecular flexibility index (Phi) is 5.05. The van der Waals surface area contributed by atoms with E-state index in [0.717, 1.165) is 36.3 Å². The summed E-state index contributed by atoms with van der Waals surface area (Å²) in [6.45, 7) is 10.2. The zero-order chi connectivity index (χ0) is 12.9. The molecule has 0 atom stereocenters. The third kappa shape index (κ3) is 5.77. The van der Waals surface area contributed by atoms with Crippen molar-refractivity contribution in [2.75, 3.05) is 29.5 Å². The van der Waals surface area contributed by atoms with E-state index in [1.165, 1.54) is 0 Å². The molecule has 0 amide bonds. The third-order valence-corrected chi connectivity index (χ3v) is 2.28. The Bertz CT molecular complexity index is 360. The van der Waals surface area contributed by atoms with E-state index in [9.17, 15) is 0 Å². The Morgan fingerprint density at radius 1 is 1.18 bits per heavy atom. The van der Waals surface area contributed by atoms with Gasteiger partial charge in [-0.15, -0.1) is 0 Å². The van der Waals surface area contributed by atoms with Gasteiger partial charge in [0.15, 0.2) is 0 Å². The monoisotopic (exact) mass is 254 g/mol. The van der Waals surface area contributed by atoms with Crippen molar-refractivity contribution in [3.8, 4) is 0 Å². The van der Waals surface area contributed by atoms with Crippen molar-refractivity contribution in [1.82, 2.24) is 9.97 Å². The Balaban J connectivity index is 2.68. The Labute approximate surface area is 109 Å². The zero-order valence-corrected chi connectivity index (χ0v) is 11.9. The van der Waals surface area contributed by atoms with Gasteiger partial charge >= 0.3 is 0 Å². The first-order valence-corrected chi connectivity index (χ1v) is 6.48. The number of aromatic nitrogens is 2. The van der Waals surface area contributed by atoms with Crippen LogP contribution in [0.1, 0.15) is 26.6 Å². The molecule has 0 saturated carbocycles. The molecule has 0 saturated heterocycles. The lowest BCUT2D eigenvalue weighted by Crippen LogP contribution is -2.20. The molecule has 1 aromatic heterocycles. The number of nitrogens with one attached hydrogen (secondary N) is 2. The fourth-order valence-electron chi connectivity index (χ4n) is 1.29. The van der Waals surface area contributed by atoms with E-state index in [0.29, 0.717) is 0 Å². The molecule has 1 rings (SSSR count). The van der Waals surface area contributed by atoms with Gasteiger partial charge in [0, 0.05) is 24.9 Å². The molecule has 0 aliphatic carbocycles. The topological polar surface area (TPSA) is 49.8 Å². The zero-order valence-electron chi connectivity index (χ0n) is 11.0. The van der Waals surface area contributed by atoms with Crippen LogP contribution in [0.25, 0.3) is 0 Å². The van der Waals surface area contributed by atoms with Crippen LogP contribution in [0.5, 0.6) is 0 Å². The molecule has 0 fully saturated rings. The van der Waals surface area contributed by atoms with Gasteiger partial charge < -0.3 is 10.6 Å². The number of hydrogen-bond acceptors (Lipinski definition) is 5. The molecule has 5 heteroatoms. The molecule has 0 aliphatic rings. The highest BCUT2D eigenvalue weighted by molar-refractivity contribution is 7.80. The van der Waals surface area contributed by atoms with E-state index < -0.39 is 0 Å². The van der Waals surface area contributed by atoms with E-state index in [4.69, 9.17) is 0 Å². The lowest BCUT2D eigenvalue weighted by molar-refractivity contribution is 0.442. The number of anilines is 2. The molecule has 0 aromatic carbocycles. The van der Waals surface area contributed by atoms with E-state index in [2.05, 4.69) is 54.0 Å². The van der Waals surface area contributed by atoms with Crippen LogP contribution in [-0.4, -0.2) is 28.8 Å². The summed E-state index contributed by atoms with van der Waals surface area (Å²) in [4.78, 5) is 8.68. The van der Waals surface area contributed by atoms with Gasteiger partial charge in [-0.3, -0.25) is 0 Å². The van der Waals surface area contributed by atoms with Gasteiger partial charge in [-0.05, 0) is 12.3 Å². The van der Waals surface area contributed by atoms with E-state index in [-0.39, 0.29) is 5.41 Å². The van der Waals surface area contributed by atoms with Crippen LogP contribution >= 0.6 is 12.6 Å². The largest absolute Gasteiger partial charge is 0.369 e. The van der Waals surface area contributed by atoms with Crippen molar-refractivity contribution in [2.45, 2.75) is 27.7 Å². The fraction of sp³-hybridized carbons (Fsp3) is 0.667. The molecule has 1 heterocycles. The normalized spacial score (nSPS) is 11.4. The quantitative estimate of drug-likeness (QED) is 0.707. The van der Waals surface area contributed by atoms with E-state index in [1.807, 2.05) is 13.0 Å². The Hall–Kier alpha value is -0.970. The van der Waals surface area contributed by atoms with E-state index in [1.54, 1.807) is 0 Å². The summed E-state index contributed by atoms with van der Waals surface area (Å²) in [6, 6.07) is 1.93. The molecule has 2 N–H and O–H groups in total. The van der Waals surface area contributed by atoms with Crippen molar-refractivity contribution in [3.05, 3.63) is 11.9 Å². The maximum atomic E-state index is 4.36. The maximum Gasteiger partial charge on any atom is 0.131 e. The second-order valence-electron chi connectivity index (χ2n) is 5.25. The SMILES string of the molecule is Cc1nc(NCCS)cc(NCC(C)(C)C)n1. The smallest absolute Gasteiger partial charge is 0.131 e. The van der Waals surface area contributed by atoms with Gasteiger partial charge in [-0.2, -0.15) is 12.6 Å². The first kappa shape index (κ1) is 14.1. The summed E-state index contributed by atoms with van der Waals surface area (Å²) < 4.78 is 0. The van der Waals surface area contributed by atoms with Crippen molar-refractivity contribution in [1.29, 1.82) is 0 Å². The van der Waals surface area contributed by atoms with Gasteiger partial charge in [-0.1, -0.05) is 20.8 Å². The number of aryl methyl sites for hydroxylation is 1. The number of rotatable bonds is 5. The molecule has 4 nitrogen and oxygen atoms in total. The van der Waals surface area contributed by atoms with Crippen LogP contribution in [0.4, 0.5) is 11.6 Å². The highest BCUT2D eigenvalue weighted by atomic mass is 32.1. The average molecular weight is 254 g/mol. The van der Waals surface area contributed by atoms with Gasteiger partial charge in [0.2, 0.25) is 0 Å². The molecule has 0 unspecified atom stereocenters. The second-order valence-corrected chi connectivity index (χ2v) is 5.70. The summed E-state index contributed by atoms with van der Waals surface area (Å²) >= 11 is 4.16. The van der Waals surface area contributed by atoms with Crippen LogP contribution < -0.4 is 10.6 Å². The van der Waals surface area contributed by atoms with Crippen LogP contribution in [0.3, 0.4) is 0 Å². The van der Waals surface area contributed by atoms with Gasteiger partial charge in [0.1, 0.15) is 17.5 Å². The molecule has 96 valence electrons. The van der Waals surface area contributed by atoms with Crippen LogP contribution in [0, 0.1) is 12.3 Å². The van der Waals surface area contributed by atoms with E-state index >= 15 is 0 Å². The minimum atomic E-state index is 0.234. The average Bonchev–Trinajstić information content (AvgIpc) is 2.22. The second kappa shape index (κ2) is 6.10. The van der Waals surface area contributed by atoms with Crippen LogP contribution in [-0.2, 0) is 0 Å². The number of thiol groups is 1. The third-order valence-electron chi connectivity index (χ3n) is 2.06.